The highest BCUT2D eigenvalue weighted by Gasteiger charge is 2.34. The van der Waals surface area contributed by atoms with E-state index in [0.717, 1.165) is 17.4 Å². The van der Waals surface area contributed by atoms with Gasteiger partial charge < -0.3 is 10.6 Å². The second kappa shape index (κ2) is 9.02. The molecule has 14 heteroatoms. The zero-order valence-electron chi connectivity index (χ0n) is 18.4. The number of alkyl halides is 3. The average molecular weight is 507 g/mol. The number of fused-ring (bicyclic) bond motifs is 1. The third kappa shape index (κ3) is 4.82. The predicted molar refractivity (Wildman–Crippen MR) is 118 cm³/mol. The fourth-order valence-electron chi connectivity index (χ4n) is 3.38. The third-order valence-electron chi connectivity index (χ3n) is 5.01. The van der Waals surface area contributed by atoms with Crippen molar-refractivity contribution in [2.75, 3.05) is 5.32 Å². The molecule has 182 valence electrons. The summed E-state index contributed by atoms with van der Waals surface area (Å²) >= 11 is 0.946. The van der Waals surface area contributed by atoms with Gasteiger partial charge in [0.05, 0.1) is 28.9 Å². The number of thiazole rings is 1. The standard InChI is InChI=1S/C21H17F4N7O2S/c1-9-15-16(27-8-28-17(15)32(3)31-9)19(34)29-10(2)20-26-7-14(35-20)18(33)30-11-4-5-13(22)12(6-11)21(23,24)25/h4-8,10H,1-3H3,(H,29,34)(H,30,33). The van der Waals surface area contributed by atoms with Crippen LogP contribution in [0.3, 0.4) is 0 Å². The van der Waals surface area contributed by atoms with Crippen molar-refractivity contribution in [2.24, 2.45) is 7.05 Å². The molecule has 0 saturated heterocycles. The van der Waals surface area contributed by atoms with E-state index in [2.05, 4.69) is 30.7 Å². The Hall–Kier alpha value is -3.94. The molecule has 0 spiro atoms. The van der Waals surface area contributed by atoms with Gasteiger partial charge in [0.25, 0.3) is 11.8 Å². The minimum atomic E-state index is -4.90. The molecule has 0 aliphatic carbocycles. The van der Waals surface area contributed by atoms with Crippen molar-refractivity contribution >= 4 is 39.9 Å². The molecule has 0 bridgehead atoms. The van der Waals surface area contributed by atoms with Crippen LogP contribution < -0.4 is 10.6 Å². The number of anilines is 1. The van der Waals surface area contributed by atoms with Crippen molar-refractivity contribution in [2.45, 2.75) is 26.1 Å². The molecule has 9 nitrogen and oxygen atoms in total. The lowest BCUT2D eigenvalue weighted by Crippen LogP contribution is -2.27. The topological polar surface area (TPSA) is 115 Å². The third-order valence-corrected chi connectivity index (χ3v) is 6.18. The van der Waals surface area contributed by atoms with E-state index in [0.29, 0.717) is 33.9 Å². The van der Waals surface area contributed by atoms with E-state index in [-0.39, 0.29) is 16.3 Å². The molecule has 0 fully saturated rings. The van der Waals surface area contributed by atoms with Crippen molar-refractivity contribution in [3.63, 3.8) is 0 Å². The van der Waals surface area contributed by atoms with Gasteiger partial charge in [-0.15, -0.1) is 11.3 Å². The molecule has 0 radical (unpaired) electrons. The molecule has 4 aromatic rings. The number of carbonyl (C=O) groups is 2. The fraction of sp³-hybridized carbons (Fsp3) is 0.238. The molecule has 0 aliphatic rings. The highest BCUT2D eigenvalue weighted by molar-refractivity contribution is 7.13. The maximum absolute atomic E-state index is 13.5. The van der Waals surface area contributed by atoms with Crippen LogP contribution in [0.25, 0.3) is 11.0 Å². The zero-order valence-corrected chi connectivity index (χ0v) is 19.3. The number of hydrogen-bond donors (Lipinski definition) is 2. The Bertz CT molecular complexity index is 1450. The summed E-state index contributed by atoms with van der Waals surface area (Å²) in [5, 5.41) is 10.2. The van der Waals surface area contributed by atoms with Gasteiger partial charge in [0, 0.05) is 12.7 Å². The first-order chi connectivity index (χ1) is 16.5. The lowest BCUT2D eigenvalue weighted by molar-refractivity contribution is -0.139. The van der Waals surface area contributed by atoms with E-state index < -0.39 is 35.4 Å². The number of amides is 2. The Morgan fingerprint density at radius 1 is 1.14 bits per heavy atom. The summed E-state index contributed by atoms with van der Waals surface area (Å²) in [6.07, 6.45) is -2.41. The molecule has 1 unspecified atom stereocenters. The van der Waals surface area contributed by atoms with Crippen LogP contribution in [0.4, 0.5) is 23.2 Å². The van der Waals surface area contributed by atoms with E-state index in [1.54, 1.807) is 20.9 Å². The van der Waals surface area contributed by atoms with Crippen LogP contribution in [0.5, 0.6) is 0 Å². The number of nitrogens with one attached hydrogen (secondary N) is 2. The van der Waals surface area contributed by atoms with Gasteiger partial charge in [0.15, 0.2) is 5.65 Å². The Morgan fingerprint density at radius 3 is 2.60 bits per heavy atom. The molecule has 3 aromatic heterocycles. The van der Waals surface area contributed by atoms with Crippen LogP contribution in [-0.2, 0) is 13.2 Å². The minimum Gasteiger partial charge on any atom is -0.342 e. The molecule has 0 saturated carbocycles. The fourth-order valence-corrected chi connectivity index (χ4v) is 4.20. The number of nitrogens with zero attached hydrogens (tertiary/aromatic N) is 5. The van der Waals surface area contributed by atoms with E-state index in [1.165, 1.54) is 17.2 Å². The molecule has 1 atom stereocenters. The molecule has 2 N–H and O–H groups in total. The predicted octanol–water partition coefficient (Wildman–Crippen LogP) is 4.03. The highest BCUT2D eigenvalue weighted by atomic mass is 32.1. The summed E-state index contributed by atoms with van der Waals surface area (Å²) in [5.74, 6) is -2.66. The summed E-state index contributed by atoms with van der Waals surface area (Å²) in [5.41, 5.74) is -0.487. The Kier molecular flexibility index (Phi) is 6.23. The smallest absolute Gasteiger partial charge is 0.342 e. The zero-order chi connectivity index (χ0) is 25.5. The SMILES string of the molecule is Cc1nn(C)c2ncnc(C(=O)NC(C)c3ncc(C(=O)Nc4ccc(F)c(C(F)(F)F)c4)s3)c12. The molecular weight excluding hydrogens is 490 g/mol. The van der Waals surface area contributed by atoms with Gasteiger partial charge in [0.2, 0.25) is 0 Å². The van der Waals surface area contributed by atoms with Crippen molar-refractivity contribution < 1.29 is 27.2 Å². The van der Waals surface area contributed by atoms with Gasteiger partial charge in [-0.25, -0.2) is 19.3 Å². The van der Waals surface area contributed by atoms with Crippen LogP contribution in [0, 0.1) is 12.7 Å². The second-order valence-corrected chi connectivity index (χ2v) is 8.60. The van der Waals surface area contributed by atoms with E-state index in [9.17, 15) is 27.2 Å². The van der Waals surface area contributed by atoms with Gasteiger partial charge in [-0.2, -0.15) is 18.3 Å². The van der Waals surface area contributed by atoms with Crippen molar-refractivity contribution in [1.29, 1.82) is 0 Å². The van der Waals surface area contributed by atoms with E-state index >= 15 is 0 Å². The van der Waals surface area contributed by atoms with Gasteiger partial charge in [-0.1, -0.05) is 0 Å². The first kappa shape index (κ1) is 24.2. The first-order valence-electron chi connectivity index (χ1n) is 10.0. The normalized spacial score (nSPS) is 12.5. The van der Waals surface area contributed by atoms with Crippen LogP contribution in [0.1, 0.15) is 49.4 Å². The first-order valence-corrected chi connectivity index (χ1v) is 10.9. The van der Waals surface area contributed by atoms with Crippen molar-refractivity contribution in [3.8, 4) is 0 Å². The van der Waals surface area contributed by atoms with Crippen LogP contribution in [0.2, 0.25) is 0 Å². The average Bonchev–Trinajstić information content (AvgIpc) is 3.39. The lowest BCUT2D eigenvalue weighted by Gasteiger charge is -2.11. The van der Waals surface area contributed by atoms with Crippen LogP contribution in [0.15, 0.2) is 30.7 Å². The van der Waals surface area contributed by atoms with Crippen molar-refractivity contribution in [1.82, 2.24) is 30.0 Å². The van der Waals surface area contributed by atoms with Gasteiger partial charge >= 0.3 is 6.18 Å². The molecule has 35 heavy (non-hydrogen) atoms. The minimum absolute atomic E-state index is 0.0894. The lowest BCUT2D eigenvalue weighted by atomic mass is 10.2. The summed E-state index contributed by atoms with van der Waals surface area (Å²) < 4.78 is 53.7. The number of hydrogen-bond acceptors (Lipinski definition) is 7. The molecule has 0 aliphatic heterocycles. The summed E-state index contributed by atoms with van der Waals surface area (Å²) in [6.45, 7) is 3.39. The van der Waals surface area contributed by atoms with Gasteiger partial charge in [0.1, 0.15) is 27.7 Å². The number of aromatic nitrogens is 5. The number of halogens is 4. The van der Waals surface area contributed by atoms with Crippen LogP contribution in [-0.4, -0.2) is 36.5 Å². The van der Waals surface area contributed by atoms with Crippen LogP contribution >= 0.6 is 11.3 Å². The summed E-state index contributed by atoms with van der Waals surface area (Å²) in [7, 11) is 1.70. The molecule has 3 heterocycles. The van der Waals surface area contributed by atoms with Gasteiger partial charge in [-0.3, -0.25) is 14.3 Å². The number of carbonyl (C=O) groups excluding carboxylic acids is 2. The quantitative estimate of drug-likeness (QED) is 0.394. The number of aryl methyl sites for hydroxylation is 2. The summed E-state index contributed by atoms with van der Waals surface area (Å²) in [4.78, 5) is 37.8. The van der Waals surface area contributed by atoms with E-state index in [1.807, 2.05) is 0 Å². The maximum atomic E-state index is 13.5. The van der Waals surface area contributed by atoms with Crippen molar-refractivity contribution in [3.05, 3.63) is 63.4 Å². The summed E-state index contributed by atoms with van der Waals surface area (Å²) in [6, 6.07) is 1.55. The Morgan fingerprint density at radius 2 is 1.89 bits per heavy atom. The molecule has 1 aromatic carbocycles. The van der Waals surface area contributed by atoms with E-state index in [4.69, 9.17) is 0 Å². The second-order valence-electron chi connectivity index (χ2n) is 7.53. The van der Waals surface area contributed by atoms with Gasteiger partial charge in [-0.05, 0) is 32.0 Å². The number of benzene rings is 1. The highest BCUT2D eigenvalue weighted by Crippen LogP contribution is 2.33. The maximum Gasteiger partial charge on any atom is 0.419 e. The molecule has 4 rings (SSSR count). The number of rotatable bonds is 5. The largest absolute Gasteiger partial charge is 0.419 e. The Balaban J connectivity index is 1.48. The molecule has 2 amide bonds. The molecular formula is C21H17F4N7O2S. The Labute approximate surface area is 199 Å². The monoisotopic (exact) mass is 507 g/mol.